The largest absolute Gasteiger partial charge is 0.454 e. The fourth-order valence-corrected chi connectivity index (χ4v) is 6.96. The number of nitrogen functional groups attached to an aromatic ring is 1. The number of nitrogens with one attached hydrogen (secondary N) is 2. The van der Waals surface area contributed by atoms with Crippen LogP contribution >= 0.6 is 11.3 Å². The second kappa shape index (κ2) is 10.6. The topological polar surface area (TPSA) is 188 Å². The van der Waals surface area contributed by atoms with Crippen molar-refractivity contribution < 1.29 is 19.1 Å². The number of aromatic nitrogens is 2. The average Bonchev–Trinajstić information content (AvgIpc) is 3.61. The lowest BCUT2D eigenvalue weighted by Gasteiger charge is -2.34. The third-order valence-corrected chi connectivity index (χ3v) is 9.08. The van der Waals surface area contributed by atoms with Gasteiger partial charge >= 0.3 is 0 Å². The SMILES string of the molecule is C=CC(=O)N[C@@H]1CCC[C@H]1NC(=O)c1sc2c(N)ccc3c2c1C(N)C(=O)C3(N)c1ncc(Oc2ccccc2)cn1. The molecule has 1 fully saturated rings. The second-order valence-corrected chi connectivity index (χ2v) is 11.4. The van der Waals surface area contributed by atoms with Gasteiger partial charge in [0, 0.05) is 28.7 Å². The van der Waals surface area contributed by atoms with E-state index < -0.39 is 23.3 Å². The average molecular weight is 584 g/mol. The molecule has 0 aliphatic heterocycles. The number of ketones is 1. The maximum absolute atomic E-state index is 14.0. The van der Waals surface area contributed by atoms with Crippen LogP contribution in [-0.2, 0) is 15.1 Å². The van der Waals surface area contributed by atoms with E-state index in [2.05, 4.69) is 27.2 Å². The predicted octanol–water partition coefficient (Wildman–Crippen LogP) is 2.80. The van der Waals surface area contributed by atoms with Crippen LogP contribution in [0.4, 0.5) is 5.69 Å². The quantitative estimate of drug-likeness (QED) is 0.161. The molecule has 6 rings (SSSR count). The second-order valence-electron chi connectivity index (χ2n) is 10.4. The van der Waals surface area contributed by atoms with Gasteiger partial charge in [-0.1, -0.05) is 30.8 Å². The summed E-state index contributed by atoms with van der Waals surface area (Å²) in [6, 6.07) is 10.7. The number of carbonyl (C=O) groups excluding carboxylic acids is 3. The number of para-hydroxylation sites is 1. The van der Waals surface area contributed by atoms with Crippen molar-refractivity contribution in [3.63, 3.8) is 0 Å². The van der Waals surface area contributed by atoms with Crippen molar-refractivity contribution in [3.05, 3.63) is 89.3 Å². The Morgan fingerprint density at radius 2 is 1.74 bits per heavy atom. The zero-order valence-corrected chi connectivity index (χ0v) is 23.3. The molecule has 2 aromatic heterocycles. The minimum absolute atomic E-state index is 0.0454. The van der Waals surface area contributed by atoms with E-state index in [1.807, 2.05) is 18.2 Å². The number of Topliss-reactive ketones (excluding diaryl/α,β-unsaturated/α-hetero) is 1. The highest BCUT2D eigenvalue weighted by Crippen LogP contribution is 2.49. The third kappa shape index (κ3) is 4.49. The first-order chi connectivity index (χ1) is 20.2. The molecular weight excluding hydrogens is 554 g/mol. The number of hydrogen-bond donors (Lipinski definition) is 5. The summed E-state index contributed by atoms with van der Waals surface area (Å²) in [5.41, 5.74) is 19.2. The molecule has 12 heteroatoms. The van der Waals surface area contributed by atoms with Crippen LogP contribution in [-0.4, -0.2) is 39.6 Å². The Kier molecular flexibility index (Phi) is 6.97. The number of nitrogens with zero attached hydrogens (tertiary/aromatic N) is 2. The predicted molar refractivity (Wildman–Crippen MR) is 159 cm³/mol. The first-order valence-electron chi connectivity index (χ1n) is 13.5. The van der Waals surface area contributed by atoms with Gasteiger partial charge in [0.1, 0.15) is 5.75 Å². The van der Waals surface area contributed by atoms with Crippen LogP contribution in [0, 0.1) is 0 Å². The van der Waals surface area contributed by atoms with Gasteiger partial charge in [-0.15, -0.1) is 11.3 Å². The maximum atomic E-state index is 14.0. The van der Waals surface area contributed by atoms with E-state index in [9.17, 15) is 14.4 Å². The lowest BCUT2D eigenvalue weighted by Crippen LogP contribution is -2.53. The Bertz CT molecular complexity index is 1720. The molecule has 2 aliphatic rings. The van der Waals surface area contributed by atoms with E-state index in [4.69, 9.17) is 21.9 Å². The summed E-state index contributed by atoms with van der Waals surface area (Å²) >= 11 is 1.16. The molecule has 0 spiro atoms. The maximum Gasteiger partial charge on any atom is 0.262 e. The molecule has 2 amide bonds. The van der Waals surface area contributed by atoms with Gasteiger partial charge in [0.15, 0.2) is 22.9 Å². The van der Waals surface area contributed by atoms with Gasteiger partial charge in [-0.3, -0.25) is 14.4 Å². The number of carbonyl (C=O) groups is 3. The lowest BCUT2D eigenvalue weighted by atomic mass is 9.73. The summed E-state index contributed by atoms with van der Waals surface area (Å²) < 4.78 is 6.38. The Balaban J connectivity index is 1.37. The number of nitrogens with two attached hydrogens (primary N) is 3. The number of hydrogen-bond acceptors (Lipinski definition) is 10. The number of benzene rings is 2. The summed E-state index contributed by atoms with van der Waals surface area (Å²) in [6.07, 6.45) is 6.36. The molecule has 214 valence electrons. The summed E-state index contributed by atoms with van der Waals surface area (Å²) in [5, 5.41) is 6.46. The van der Waals surface area contributed by atoms with Gasteiger partial charge in [0.25, 0.3) is 5.91 Å². The summed E-state index contributed by atoms with van der Waals surface area (Å²) in [6.45, 7) is 3.50. The molecule has 2 heterocycles. The van der Waals surface area contributed by atoms with Gasteiger partial charge in [-0.2, -0.15) is 0 Å². The van der Waals surface area contributed by atoms with Gasteiger partial charge in [-0.25, -0.2) is 9.97 Å². The molecule has 11 nitrogen and oxygen atoms in total. The minimum Gasteiger partial charge on any atom is -0.454 e. The number of thiophene rings is 1. The van der Waals surface area contributed by atoms with Crippen LogP contribution in [0.2, 0.25) is 0 Å². The summed E-state index contributed by atoms with van der Waals surface area (Å²) in [4.78, 5) is 48.6. The molecule has 0 saturated heterocycles. The first kappa shape index (κ1) is 27.5. The molecule has 2 aromatic carbocycles. The number of amides is 2. The zero-order chi connectivity index (χ0) is 29.6. The number of rotatable bonds is 7. The summed E-state index contributed by atoms with van der Waals surface area (Å²) in [7, 11) is 0. The molecule has 4 atom stereocenters. The Morgan fingerprint density at radius 1 is 1.05 bits per heavy atom. The molecule has 1 saturated carbocycles. The van der Waals surface area contributed by atoms with E-state index >= 15 is 0 Å². The molecule has 2 unspecified atom stereocenters. The number of anilines is 1. The van der Waals surface area contributed by atoms with Crippen LogP contribution in [0.5, 0.6) is 11.5 Å². The highest BCUT2D eigenvalue weighted by molar-refractivity contribution is 7.21. The molecule has 4 aromatic rings. The van der Waals surface area contributed by atoms with E-state index in [-0.39, 0.29) is 28.7 Å². The molecule has 8 N–H and O–H groups in total. The fourth-order valence-electron chi connectivity index (χ4n) is 5.76. The van der Waals surface area contributed by atoms with Crippen LogP contribution in [0.15, 0.2) is 67.5 Å². The standard InChI is InChI=1S/C30H29N7O4S/c1-2-21(38)36-19-9-6-10-20(19)37-28(40)26-23-22-17(11-12-18(31)25(22)42-26)30(33,27(39)24(23)32)29-34-13-16(14-35-29)41-15-7-4-3-5-8-15/h2-5,7-8,11-14,19-20,24H,1,6,9-10,31-33H2,(H,36,38)(H,37,40)/t19-,20-,24?,30?/m1/s1. The number of ether oxygens (including phenoxy) is 1. The van der Waals surface area contributed by atoms with Crippen molar-refractivity contribution in [2.24, 2.45) is 11.5 Å². The molecule has 0 bridgehead atoms. The van der Waals surface area contributed by atoms with Crippen molar-refractivity contribution in [1.29, 1.82) is 0 Å². The Hall–Kier alpha value is -4.65. The van der Waals surface area contributed by atoms with Gasteiger partial charge in [0.2, 0.25) is 5.91 Å². The molecule has 0 radical (unpaired) electrons. The molecule has 42 heavy (non-hydrogen) atoms. The van der Waals surface area contributed by atoms with E-state index in [0.29, 0.717) is 44.8 Å². The van der Waals surface area contributed by atoms with E-state index in [1.165, 1.54) is 18.5 Å². The first-order valence-corrected chi connectivity index (χ1v) is 14.3. The van der Waals surface area contributed by atoms with Gasteiger partial charge in [-0.05, 0) is 49.1 Å². The van der Waals surface area contributed by atoms with Crippen molar-refractivity contribution in [3.8, 4) is 11.5 Å². The van der Waals surface area contributed by atoms with Gasteiger partial charge in [0.05, 0.1) is 28.0 Å². The fraction of sp³-hybridized carbons (Fsp3) is 0.233. The van der Waals surface area contributed by atoms with Crippen molar-refractivity contribution in [2.75, 3.05) is 5.73 Å². The minimum atomic E-state index is -1.79. The molecular formula is C30H29N7O4S. The van der Waals surface area contributed by atoms with Crippen LogP contribution in [0.1, 0.15) is 51.9 Å². The van der Waals surface area contributed by atoms with Crippen molar-refractivity contribution in [2.45, 2.75) is 42.9 Å². The van der Waals surface area contributed by atoms with Crippen molar-refractivity contribution >= 4 is 44.7 Å². The van der Waals surface area contributed by atoms with Crippen molar-refractivity contribution in [1.82, 2.24) is 20.6 Å². The Labute approximate surface area is 245 Å². The smallest absolute Gasteiger partial charge is 0.262 e. The highest BCUT2D eigenvalue weighted by atomic mass is 32.1. The van der Waals surface area contributed by atoms with Gasteiger partial charge < -0.3 is 32.6 Å². The van der Waals surface area contributed by atoms with Crippen LogP contribution in [0.3, 0.4) is 0 Å². The third-order valence-electron chi connectivity index (χ3n) is 7.82. The normalized spacial score (nSPS) is 23.0. The zero-order valence-electron chi connectivity index (χ0n) is 22.5. The Morgan fingerprint density at radius 3 is 2.43 bits per heavy atom. The summed E-state index contributed by atoms with van der Waals surface area (Å²) in [5.74, 6) is -0.232. The van der Waals surface area contributed by atoms with Crippen LogP contribution in [0.25, 0.3) is 10.1 Å². The lowest BCUT2D eigenvalue weighted by molar-refractivity contribution is -0.125. The van der Waals surface area contributed by atoms with E-state index in [0.717, 1.165) is 24.2 Å². The van der Waals surface area contributed by atoms with E-state index in [1.54, 1.807) is 24.3 Å². The molecule has 2 aliphatic carbocycles. The monoisotopic (exact) mass is 583 g/mol. The highest BCUT2D eigenvalue weighted by Gasteiger charge is 2.50. The van der Waals surface area contributed by atoms with Crippen LogP contribution < -0.4 is 32.6 Å².